The number of hydrogen-bond acceptors (Lipinski definition) is 3. The number of furan rings is 1. The molecule has 1 aliphatic carbocycles. The molecule has 112 valence electrons. The van der Waals surface area contributed by atoms with Crippen LogP contribution in [0.1, 0.15) is 43.6 Å². The molecule has 1 unspecified atom stereocenters. The van der Waals surface area contributed by atoms with E-state index in [-0.39, 0.29) is 0 Å². The molecule has 1 aromatic carbocycles. The second-order valence-corrected chi connectivity index (χ2v) is 5.62. The molecule has 0 radical (unpaired) electrons. The van der Waals surface area contributed by atoms with Crippen LogP contribution in [0.2, 0.25) is 0 Å². The lowest BCUT2D eigenvalue weighted by Crippen LogP contribution is -2.21. The van der Waals surface area contributed by atoms with Crippen molar-refractivity contribution in [2.24, 2.45) is 0 Å². The van der Waals surface area contributed by atoms with E-state index in [4.69, 9.17) is 9.15 Å². The summed E-state index contributed by atoms with van der Waals surface area (Å²) in [5.74, 6) is 2.04. The van der Waals surface area contributed by atoms with E-state index in [0.717, 1.165) is 30.9 Å². The van der Waals surface area contributed by atoms with Gasteiger partial charge in [0.15, 0.2) is 0 Å². The summed E-state index contributed by atoms with van der Waals surface area (Å²) in [5, 5.41) is 3.56. The Kier molecular flexibility index (Phi) is 4.61. The smallest absolute Gasteiger partial charge is 0.120 e. The van der Waals surface area contributed by atoms with Gasteiger partial charge in [-0.15, -0.1) is 0 Å². The predicted molar refractivity (Wildman–Crippen MR) is 83.5 cm³/mol. The van der Waals surface area contributed by atoms with Gasteiger partial charge in [0, 0.05) is 12.5 Å². The molecule has 1 atom stereocenters. The summed E-state index contributed by atoms with van der Waals surface area (Å²) in [7, 11) is 0. The van der Waals surface area contributed by atoms with Gasteiger partial charge in [-0.1, -0.05) is 19.1 Å². The first-order chi connectivity index (χ1) is 10.3. The van der Waals surface area contributed by atoms with E-state index in [9.17, 15) is 0 Å². The third-order valence-corrected chi connectivity index (χ3v) is 3.80. The zero-order chi connectivity index (χ0) is 14.5. The summed E-state index contributed by atoms with van der Waals surface area (Å²) in [6, 6.07) is 12.8. The molecule has 3 nitrogen and oxygen atoms in total. The number of nitrogens with one attached hydrogen (secondary N) is 1. The molecule has 0 saturated heterocycles. The van der Waals surface area contributed by atoms with Gasteiger partial charge >= 0.3 is 0 Å². The average molecular weight is 285 g/mol. The predicted octanol–water partition coefficient (Wildman–Crippen LogP) is 4.10. The Balaban J connectivity index is 1.66. The monoisotopic (exact) mass is 285 g/mol. The largest absolute Gasteiger partial charge is 0.490 e. The standard InChI is InChI=1S/C18H23NO2/c1-2-19-18(11-10-15-7-4-12-20-15)14-5-3-6-17(13-14)21-16-8-9-16/h3-7,12-13,16,18-19H,2,8-11H2,1H3. The molecule has 1 N–H and O–H groups in total. The number of ether oxygens (including phenoxy) is 1. The zero-order valence-electron chi connectivity index (χ0n) is 12.5. The second-order valence-electron chi connectivity index (χ2n) is 5.62. The van der Waals surface area contributed by atoms with E-state index < -0.39 is 0 Å². The Morgan fingerprint density at radius 3 is 2.90 bits per heavy atom. The van der Waals surface area contributed by atoms with Gasteiger partial charge in [0.2, 0.25) is 0 Å². The second kappa shape index (κ2) is 6.81. The van der Waals surface area contributed by atoms with Crippen LogP contribution in [0.25, 0.3) is 0 Å². The Morgan fingerprint density at radius 2 is 2.19 bits per heavy atom. The molecule has 3 rings (SSSR count). The molecule has 1 aliphatic rings. The quantitative estimate of drug-likeness (QED) is 0.792. The van der Waals surface area contributed by atoms with Crippen LogP contribution in [0.5, 0.6) is 5.75 Å². The summed E-state index contributed by atoms with van der Waals surface area (Å²) in [6.07, 6.45) is 6.54. The minimum absolute atomic E-state index is 0.336. The van der Waals surface area contributed by atoms with Gasteiger partial charge in [0.25, 0.3) is 0 Å². The van der Waals surface area contributed by atoms with E-state index in [1.807, 2.05) is 12.1 Å². The fourth-order valence-electron chi connectivity index (χ4n) is 2.56. The van der Waals surface area contributed by atoms with E-state index in [2.05, 4.69) is 36.5 Å². The summed E-state index contributed by atoms with van der Waals surface area (Å²) in [6.45, 7) is 3.10. The van der Waals surface area contributed by atoms with Crippen molar-refractivity contribution >= 4 is 0 Å². The summed E-state index contributed by atoms with van der Waals surface area (Å²) < 4.78 is 11.3. The van der Waals surface area contributed by atoms with E-state index in [0.29, 0.717) is 12.1 Å². The topological polar surface area (TPSA) is 34.4 Å². The van der Waals surface area contributed by atoms with Crippen LogP contribution in [0.4, 0.5) is 0 Å². The first kappa shape index (κ1) is 14.2. The van der Waals surface area contributed by atoms with Crippen molar-refractivity contribution in [3.05, 3.63) is 54.0 Å². The third kappa shape index (κ3) is 4.11. The van der Waals surface area contributed by atoms with E-state index >= 15 is 0 Å². The summed E-state index contributed by atoms with van der Waals surface area (Å²) in [5.41, 5.74) is 1.29. The van der Waals surface area contributed by atoms with Gasteiger partial charge in [-0.3, -0.25) is 0 Å². The first-order valence-electron chi connectivity index (χ1n) is 7.87. The molecule has 0 spiro atoms. The molecule has 2 aromatic rings. The third-order valence-electron chi connectivity index (χ3n) is 3.80. The minimum atomic E-state index is 0.336. The van der Waals surface area contributed by atoms with E-state index in [1.165, 1.54) is 18.4 Å². The van der Waals surface area contributed by atoms with Crippen LogP contribution in [-0.4, -0.2) is 12.6 Å². The number of benzene rings is 1. The lowest BCUT2D eigenvalue weighted by Gasteiger charge is -2.19. The van der Waals surface area contributed by atoms with Crippen molar-refractivity contribution < 1.29 is 9.15 Å². The maximum Gasteiger partial charge on any atom is 0.120 e. The van der Waals surface area contributed by atoms with Crippen molar-refractivity contribution in [2.45, 2.75) is 44.8 Å². The van der Waals surface area contributed by atoms with Crippen LogP contribution in [0.3, 0.4) is 0 Å². The van der Waals surface area contributed by atoms with Crippen molar-refractivity contribution in [3.8, 4) is 5.75 Å². The summed E-state index contributed by atoms with van der Waals surface area (Å²) in [4.78, 5) is 0. The van der Waals surface area contributed by atoms with Gasteiger partial charge in [0.1, 0.15) is 11.5 Å². The highest BCUT2D eigenvalue weighted by atomic mass is 16.5. The Labute approximate surface area is 126 Å². The average Bonchev–Trinajstić information content (AvgIpc) is 3.16. The maximum absolute atomic E-state index is 5.90. The highest BCUT2D eigenvalue weighted by molar-refractivity contribution is 5.31. The van der Waals surface area contributed by atoms with Gasteiger partial charge in [-0.25, -0.2) is 0 Å². The highest BCUT2D eigenvalue weighted by Crippen LogP contribution is 2.29. The first-order valence-corrected chi connectivity index (χ1v) is 7.87. The number of aryl methyl sites for hydroxylation is 1. The van der Waals surface area contributed by atoms with Gasteiger partial charge in [-0.2, -0.15) is 0 Å². The molecule has 1 heterocycles. The lowest BCUT2D eigenvalue weighted by molar-refractivity contribution is 0.302. The molecular weight excluding hydrogens is 262 g/mol. The molecule has 1 saturated carbocycles. The van der Waals surface area contributed by atoms with E-state index in [1.54, 1.807) is 6.26 Å². The van der Waals surface area contributed by atoms with Crippen LogP contribution < -0.4 is 10.1 Å². The number of rotatable bonds is 8. The maximum atomic E-state index is 5.90. The van der Waals surface area contributed by atoms with Crippen LogP contribution >= 0.6 is 0 Å². The molecule has 3 heteroatoms. The van der Waals surface area contributed by atoms with Crippen LogP contribution in [-0.2, 0) is 6.42 Å². The molecule has 21 heavy (non-hydrogen) atoms. The molecular formula is C18H23NO2. The molecule has 0 aliphatic heterocycles. The zero-order valence-corrected chi connectivity index (χ0v) is 12.5. The molecule has 1 fully saturated rings. The summed E-state index contributed by atoms with van der Waals surface area (Å²) >= 11 is 0. The van der Waals surface area contributed by atoms with Crippen molar-refractivity contribution in [2.75, 3.05) is 6.54 Å². The normalized spacial score (nSPS) is 15.9. The Hall–Kier alpha value is -1.74. The fraction of sp³-hybridized carbons (Fsp3) is 0.444. The highest BCUT2D eigenvalue weighted by Gasteiger charge is 2.23. The molecule has 1 aromatic heterocycles. The Morgan fingerprint density at radius 1 is 1.29 bits per heavy atom. The Bertz CT molecular complexity index is 546. The number of hydrogen-bond donors (Lipinski definition) is 1. The van der Waals surface area contributed by atoms with Crippen LogP contribution in [0.15, 0.2) is 47.1 Å². The molecule has 0 amide bonds. The SMILES string of the molecule is CCNC(CCc1ccco1)c1cccc(OC2CC2)c1. The minimum Gasteiger partial charge on any atom is -0.490 e. The lowest BCUT2D eigenvalue weighted by atomic mass is 10.0. The van der Waals surface area contributed by atoms with Crippen molar-refractivity contribution in [1.29, 1.82) is 0 Å². The molecule has 0 bridgehead atoms. The van der Waals surface area contributed by atoms with Gasteiger partial charge in [0.05, 0.1) is 12.4 Å². The van der Waals surface area contributed by atoms with Crippen molar-refractivity contribution in [3.63, 3.8) is 0 Å². The van der Waals surface area contributed by atoms with Crippen LogP contribution in [0, 0.1) is 0 Å². The van der Waals surface area contributed by atoms with Gasteiger partial charge < -0.3 is 14.5 Å². The van der Waals surface area contributed by atoms with Crippen molar-refractivity contribution in [1.82, 2.24) is 5.32 Å². The van der Waals surface area contributed by atoms with Gasteiger partial charge in [-0.05, 0) is 55.6 Å². The fourth-order valence-corrected chi connectivity index (χ4v) is 2.56.